The third-order valence-electron chi connectivity index (χ3n) is 1.40. The van der Waals surface area contributed by atoms with E-state index < -0.39 is 22.7 Å². The van der Waals surface area contributed by atoms with Gasteiger partial charge in [0.2, 0.25) is 0 Å². The molecule has 0 aliphatic rings. The molecule has 0 fully saturated rings. The minimum atomic E-state index is -4.13. The summed E-state index contributed by atoms with van der Waals surface area (Å²) >= 11 is 0. The van der Waals surface area contributed by atoms with Crippen LogP contribution in [0.2, 0.25) is 0 Å². The van der Waals surface area contributed by atoms with Crippen molar-refractivity contribution in [1.82, 2.24) is 0 Å². The molecule has 0 saturated heterocycles. The summed E-state index contributed by atoms with van der Waals surface area (Å²) in [5, 5.41) is 0. The van der Waals surface area contributed by atoms with Crippen molar-refractivity contribution in [2.75, 3.05) is 12.9 Å². The largest absolute Gasteiger partial charge is 0.389 e. The Morgan fingerprint density at radius 1 is 1.14 bits per heavy atom. The fraction of sp³-hybridized carbons (Fsp3) is 1.00. The summed E-state index contributed by atoms with van der Waals surface area (Å²) in [6.45, 7) is -0.0449. The molecule has 0 aromatic rings. The van der Waals surface area contributed by atoms with Gasteiger partial charge in [0.25, 0.3) is 10.1 Å². The van der Waals surface area contributed by atoms with Gasteiger partial charge in [-0.3, -0.25) is 4.18 Å². The molecule has 0 rings (SSSR count). The van der Waals surface area contributed by atoms with E-state index in [1.807, 2.05) is 0 Å². The number of unbranched alkanes of at least 4 members (excludes halogenated alkanes) is 2. The fourth-order valence-electron chi connectivity index (χ4n) is 0.815. The average Bonchev–Trinajstić information content (AvgIpc) is 1.92. The number of hydrogen-bond acceptors (Lipinski definition) is 3. The first-order chi connectivity index (χ1) is 6.21. The van der Waals surface area contributed by atoms with E-state index in [4.69, 9.17) is 0 Å². The molecule has 0 aliphatic heterocycles. The maximum Gasteiger partial charge on any atom is 0.389 e. The van der Waals surface area contributed by atoms with Crippen LogP contribution in [0.4, 0.5) is 13.2 Å². The molecule has 0 amide bonds. The molecule has 0 bridgehead atoms. The van der Waals surface area contributed by atoms with Gasteiger partial charge in [-0.15, -0.1) is 0 Å². The van der Waals surface area contributed by atoms with Gasteiger partial charge in [0.15, 0.2) is 0 Å². The van der Waals surface area contributed by atoms with Crippen LogP contribution >= 0.6 is 0 Å². The van der Waals surface area contributed by atoms with E-state index >= 15 is 0 Å². The molecule has 0 aliphatic carbocycles. The van der Waals surface area contributed by atoms with Crippen LogP contribution in [0.5, 0.6) is 0 Å². The zero-order valence-corrected chi connectivity index (χ0v) is 8.62. The predicted molar refractivity (Wildman–Crippen MR) is 45.3 cm³/mol. The van der Waals surface area contributed by atoms with Crippen molar-refractivity contribution in [3.63, 3.8) is 0 Å². The molecule has 3 nitrogen and oxygen atoms in total. The molecule has 0 unspecified atom stereocenters. The lowest BCUT2D eigenvalue weighted by Crippen LogP contribution is -2.07. The fourth-order valence-corrected chi connectivity index (χ4v) is 1.24. The topological polar surface area (TPSA) is 43.4 Å². The first-order valence-electron chi connectivity index (χ1n) is 4.12. The van der Waals surface area contributed by atoms with E-state index in [-0.39, 0.29) is 13.0 Å². The van der Waals surface area contributed by atoms with Crippen LogP contribution in [0.3, 0.4) is 0 Å². The smallest absolute Gasteiger partial charge is 0.270 e. The van der Waals surface area contributed by atoms with Gasteiger partial charge in [-0.05, 0) is 12.8 Å². The first kappa shape index (κ1) is 13.7. The monoisotopic (exact) mass is 234 g/mol. The molecule has 0 aromatic heterocycles. The molecule has 0 N–H and O–H groups in total. The Hall–Kier alpha value is -0.300. The summed E-state index contributed by atoms with van der Waals surface area (Å²) < 4.78 is 60.1. The average molecular weight is 234 g/mol. The van der Waals surface area contributed by atoms with Crippen molar-refractivity contribution in [3.05, 3.63) is 0 Å². The highest BCUT2D eigenvalue weighted by Gasteiger charge is 2.25. The number of halogens is 3. The normalized spacial score (nSPS) is 13.1. The number of rotatable bonds is 6. The van der Waals surface area contributed by atoms with Crippen LogP contribution in [-0.2, 0) is 14.3 Å². The molecular weight excluding hydrogens is 221 g/mol. The van der Waals surface area contributed by atoms with Gasteiger partial charge in [0.1, 0.15) is 0 Å². The summed E-state index contributed by atoms with van der Waals surface area (Å²) in [5.41, 5.74) is 0. The van der Waals surface area contributed by atoms with Gasteiger partial charge in [-0.2, -0.15) is 21.6 Å². The van der Waals surface area contributed by atoms with Crippen molar-refractivity contribution in [3.8, 4) is 0 Å². The highest BCUT2D eigenvalue weighted by Crippen LogP contribution is 2.22. The molecule has 0 saturated carbocycles. The summed E-state index contributed by atoms with van der Waals surface area (Å²) in [5.74, 6) is 0. The van der Waals surface area contributed by atoms with E-state index in [0.717, 1.165) is 6.26 Å². The Bertz CT molecular complexity index is 245. The zero-order chi connectivity index (χ0) is 11.2. The highest BCUT2D eigenvalue weighted by molar-refractivity contribution is 7.85. The SMILES string of the molecule is CS(=O)(=O)OCCCCCC(F)(F)F. The molecule has 0 spiro atoms. The van der Waals surface area contributed by atoms with Crippen LogP contribution < -0.4 is 0 Å². The van der Waals surface area contributed by atoms with Gasteiger partial charge in [0.05, 0.1) is 12.9 Å². The zero-order valence-electron chi connectivity index (χ0n) is 7.80. The Balaban J connectivity index is 3.32. The lowest BCUT2D eigenvalue weighted by Gasteiger charge is -2.05. The van der Waals surface area contributed by atoms with E-state index in [9.17, 15) is 21.6 Å². The van der Waals surface area contributed by atoms with Gasteiger partial charge in [0, 0.05) is 6.42 Å². The van der Waals surface area contributed by atoms with Crippen molar-refractivity contribution >= 4 is 10.1 Å². The van der Waals surface area contributed by atoms with E-state index in [0.29, 0.717) is 12.8 Å². The van der Waals surface area contributed by atoms with Crippen LogP contribution in [0.1, 0.15) is 25.7 Å². The Kier molecular flexibility index (Phi) is 5.43. The standard InChI is InChI=1S/C7H13F3O3S/c1-14(11,12)13-6-4-2-3-5-7(8,9)10/h2-6H2,1H3. The molecule has 7 heteroatoms. The van der Waals surface area contributed by atoms with Crippen molar-refractivity contribution in [1.29, 1.82) is 0 Å². The van der Waals surface area contributed by atoms with Crippen LogP contribution in [0.15, 0.2) is 0 Å². The minimum absolute atomic E-state index is 0.0105. The van der Waals surface area contributed by atoms with E-state index in [2.05, 4.69) is 4.18 Å². The summed E-state index contributed by atoms with van der Waals surface area (Å²) in [6.07, 6.45) is -3.40. The predicted octanol–water partition coefficient (Wildman–Crippen LogP) is 2.09. The lowest BCUT2D eigenvalue weighted by atomic mass is 10.2. The maximum atomic E-state index is 11.6. The maximum absolute atomic E-state index is 11.6. The molecule has 0 heterocycles. The van der Waals surface area contributed by atoms with Gasteiger partial charge >= 0.3 is 6.18 Å². The molecule has 0 aromatic carbocycles. The Morgan fingerprint density at radius 3 is 2.14 bits per heavy atom. The third kappa shape index (κ3) is 11.7. The second-order valence-electron chi connectivity index (χ2n) is 2.95. The molecule has 86 valence electrons. The van der Waals surface area contributed by atoms with Gasteiger partial charge in [-0.25, -0.2) is 0 Å². The van der Waals surface area contributed by atoms with Crippen LogP contribution in [0.25, 0.3) is 0 Å². The van der Waals surface area contributed by atoms with Crippen molar-refractivity contribution in [2.45, 2.75) is 31.9 Å². The molecular formula is C7H13F3O3S. The third-order valence-corrected chi connectivity index (χ3v) is 2.00. The van der Waals surface area contributed by atoms with Crippen molar-refractivity contribution < 1.29 is 25.8 Å². The van der Waals surface area contributed by atoms with E-state index in [1.54, 1.807) is 0 Å². The van der Waals surface area contributed by atoms with Crippen LogP contribution in [-0.4, -0.2) is 27.5 Å². The lowest BCUT2D eigenvalue weighted by molar-refractivity contribution is -0.135. The summed E-state index contributed by atoms with van der Waals surface area (Å²) in [7, 11) is -3.46. The number of alkyl halides is 3. The molecule has 0 radical (unpaired) electrons. The Morgan fingerprint density at radius 2 is 1.71 bits per heavy atom. The van der Waals surface area contributed by atoms with Crippen molar-refractivity contribution in [2.24, 2.45) is 0 Å². The highest BCUT2D eigenvalue weighted by atomic mass is 32.2. The minimum Gasteiger partial charge on any atom is -0.270 e. The summed E-state index contributed by atoms with van der Waals surface area (Å²) in [6, 6.07) is 0. The second-order valence-corrected chi connectivity index (χ2v) is 4.60. The van der Waals surface area contributed by atoms with E-state index in [1.165, 1.54) is 0 Å². The molecule has 0 atom stereocenters. The quantitative estimate of drug-likeness (QED) is 0.522. The van der Waals surface area contributed by atoms with Gasteiger partial charge < -0.3 is 0 Å². The first-order valence-corrected chi connectivity index (χ1v) is 5.93. The Labute approximate surface area is 81.4 Å². The van der Waals surface area contributed by atoms with Gasteiger partial charge in [-0.1, -0.05) is 6.42 Å². The van der Waals surface area contributed by atoms with Crippen LogP contribution in [0, 0.1) is 0 Å². The summed E-state index contributed by atoms with van der Waals surface area (Å²) in [4.78, 5) is 0. The molecule has 14 heavy (non-hydrogen) atoms. The second kappa shape index (κ2) is 5.55. The number of hydrogen-bond donors (Lipinski definition) is 0.